The summed E-state index contributed by atoms with van der Waals surface area (Å²) in [4.78, 5) is 17.3. The fourth-order valence-electron chi connectivity index (χ4n) is 3.43. The molecular weight excluding hydrogens is 318 g/mol. The summed E-state index contributed by atoms with van der Waals surface area (Å²) in [6.07, 6.45) is 5.14. The number of ether oxygens (including phenoxy) is 1. The van der Waals surface area contributed by atoms with E-state index in [4.69, 9.17) is 4.74 Å². The Morgan fingerprint density at radius 1 is 1.28 bits per heavy atom. The first-order valence-electron chi connectivity index (χ1n) is 8.58. The summed E-state index contributed by atoms with van der Waals surface area (Å²) in [7, 11) is 0. The van der Waals surface area contributed by atoms with Gasteiger partial charge in [0, 0.05) is 24.5 Å². The van der Waals surface area contributed by atoms with E-state index in [0.717, 1.165) is 29.9 Å². The number of rotatable bonds is 4. The van der Waals surface area contributed by atoms with Gasteiger partial charge in [-0.25, -0.2) is 4.68 Å². The maximum atomic E-state index is 13.1. The van der Waals surface area contributed by atoms with Crippen molar-refractivity contribution in [3.8, 4) is 0 Å². The summed E-state index contributed by atoms with van der Waals surface area (Å²) < 4.78 is 7.29. The van der Waals surface area contributed by atoms with Crippen molar-refractivity contribution in [3.05, 3.63) is 42.1 Å². The van der Waals surface area contributed by atoms with Gasteiger partial charge in [-0.05, 0) is 30.9 Å². The van der Waals surface area contributed by atoms with Gasteiger partial charge in [0.15, 0.2) is 0 Å². The Bertz CT molecular complexity index is 765. The predicted octanol–water partition coefficient (Wildman–Crippen LogP) is 2.44. The minimum absolute atomic E-state index is 0.0479. The Kier molecular flexibility index (Phi) is 4.47. The lowest BCUT2D eigenvalue weighted by atomic mass is 9.91. The molecule has 1 saturated heterocycles. The van der Waals surface area contributed by atoms with Crippen LogP contribution in [-0.4, -0.2) is 35.2 Å². The number of nitrogens with zero attached hydrogens (tertiary/aromatic N) is 3. The molecule has 7 heteroatoms. The highest BCUT2D eigenvalue weighted by Crippen LogP contribution is 2.33. The van der Waals surface area contributed by atoms with Crippen LogP contribution < -0.4 is 10.6 Å². The average Bonchev–Trinajstić information content (AvgIpc) is 3.08. The van der Waals surface area contributed by atoms with E-state index in [2.05, 4.69) is 20.7 Å². The standard InChI is InChI=1S/C18H21N5O2/c24-18(22-15-4-2-1-3-5-15)16(13-6-8-25-9-7-13)23-17-14(11-21-23)10-19-12-20-17/h1-5,11-13,16H,6-10H2,(H,19,20)(H,22,24). The summed E-state index contributed by atoms with van der Waals surface area (Å²) in [5.41, 5.74) is 1.80. The monoisotopic (exact) mass is 339 g/mol. The van der Waals surface area contributed by atoms with Gasteiger partial charge in [-0.15, -0.1) is 0 Å². The highest BCUT2D eigenvalue weighted by atomic mass is 16.5. The van der Waals surface area contributed by atoms with Crippen LogP contribution in [0.4, 0.5) is 11.5 Å². The van der Waals surface area contributed by atoms with Gasteiger partial charge in [0.1, 0.15) is 11.9 Å². The third kappa shape index (κ3) is 3.28. The summed E-state index contributed by atoms with van der Waals surface area (Å²) in [5.74, 6) is 0.991. The molecule has 0 bridgehead atoms. The smallest absolute Gasteiger partial charge is 0.249 e. The Labute approximate surface area is 146 Å². The summed E-state index contributed by atoms with van der Waals surface area (Å²) in [6.45, 7) is 1.94. The van der Waals surface area contributed by atoms with Gasteiger partial charge in [0.25, 0.3) is 0 Å². The maximum Gasteiger partial charge on any atom is 0.249 e. The SMILES string of the molecule is O=C(Nc1ccccc1)C(C1CCOCC1)n1ncc2c1NC=NC2. The molecule has 0 aliphatic carbocycles. The van der Waals surface area contributed by atoms with Crippen LogP contribution in [-0.2, 0) is 16.1 Å². The van der Waals surface area contributed by atoms with Gasteiger partial charge in [-0.3, -0.25) is 9.79 Å². The minimum Gasteiger partial charge on any atom is -0.381 e. The molecule has 1 amide bonds. The molecule has 0 spiro atoms. The number of aromatic nitrogens is 2. The highest BCUT2D eigenvalue weighted by Gasteiger charge is 2.34. The predicted molar refractivity (Wildman–Crippen MR) is 95.7 cm³/mol. The largest absolute Gasteiger partial charge is 0.381 e. The molecule has 0 radical (unpaired) electrons. The quantitative estimate of drug-likeness (QED) is 0.896. The fraction of sp³-hybridized carbons (Fsp3) is 0.389. The van der Waals surface area contributed by atoms with Gasteiger partial charge >= 0.3 is 0 Å². The molecular formula is C18H21N5O2. The first kappa shape index (κ1) is 15.8. The van der Waals surface area contributed by atoms with E-state index in [9.17, 15) is 4.79 Å². The topological polar surface area (TPSA) is 80.5 Å². The van der Waals surface area contributed by atoms with Crippen molar-refractivity contribution in [1.29, 1.82) is 0 Å². The average molecular weight is 339 g/mol. The minimum atomic E-state index is -0.383. The molecule has 2 N–H and O–H groups in total. The lowest BCUT2D eigenvalue weighted by Crippen LogP contribution is -2.36. The van der Waals surface area contributed by atoms with Crippen molar-refractivity contribution in [1.82, 2.24) is 9.78 Å². The second-order valence-corrected chi connectivity index (χ2v) is 6.33. The van der Waals surface area contributed by atoms with E-state index in [1.165, 1.54) is 0 Å². The second kappa shape index (κ2) is 7.06. The van der Waals surface area contributed by atoms with Crippen molar-refractivity contribution in [3.63, 3.8) is 0 Å². The van der Waals surface area contributed by atoms with E-state index < -0.39 is 0 Å². The number of anilines is 2. The molecule has 3 heterocycles. The van der Waals surface area contributed by atoms with E-state index in [1.807, 2.05) is 35.0 Å². The number of carbonyl (C=O) groups is 1. The lowest BCUT2D eigenvalue weighted by molar-refractivity contribution is -0.122. The molecule has 25 heavy (non-hydrogen) atoms. The van der Waals surface area contributed by atoms with Crippen LogP contribution in [0.1, 0.15) is 24.4 Å². The van der Waals surface area contributed by atoms with Crippen LogP contribution in [0, 0.1) is 5.92 Å². The van der Waals surface area contributed by atoms with E-state index >= 15 is 0 Å². The number of carbonyl (C=O) groups excluding carboxylic acids is 1. The first-order chi connectivity index (χ1) is 12.3. The van der Waals surface area contributed by atoms with E-state index in [0.29, 0.717) is 19.8 Å². The summed E-state index contributed by atoms with van der Waals surface area (Å²) in [5, 5.41) is 10.7. The Morgan fingerprint density at radius 3 is 2.88 bits per heavy atom. The second-order valence-electron chi connectivity index (χ2n) is 6.33. The Balaban J connectivity index is 1.64. The van der Waals surface area contributed by atoms with Crippen molar-refractivity contribution < 1.29 is 9.53 Å². The number of hydrogen-bond donors (Lipinski definition) is 2. The third-order valence-corrected chi connectivity index (χ3v) is 4.71. The number of benzene rings is 1. The van der Waals surface area contributed by atoms with Crippen molar-refractivity contribution in [2.24, 2.45) is 10.9 Å². The van der Waals surface area contributed by atoms with Crippen LogP contribution in [0.25, 0.3) is 0 Å². The van der Waals surface area contributed by atoms with Crippen LogP contribution in [0.5, 0.6) is 0 Å². The molecule has 1 fully saturated rings. The van der Waals surface area contributed by atoms with Gasteiger partial charge in [0.05, 0.1) is 19.1 Å². The zero-order valence-electron chi connectivity index (χ0n) is 13.9. The van der Waals surface area contributed by atoms with Crippen molar-refractivity contribution >= 4 is 23.8 Å². The van der Waals surface area contributed by atoms with Crippen LogP contribution >= 0.6 is 0 Å². The summed E-state index contributed by atoms with van der Waals surface area (Å²) in [6, 6.07) is 9.15. The highest BCUT2D eigenvalue weighted by molar-refractivity contribution is 5.94. The third-order valence-electron chi connectivity index (χ3n) is 4.71. The zero-order valence-corrected chi connectivity index (χ0v) is 13.9. The first-order valence-corrected chi connectivity index (χ1v) is 8.58. The maximum absolute atomic E-state index is 13.1. The van der Waals surface area contributed by atoms with E-state index in [-0.39, 0.29) is 17.9 Å². The number of hydrogen-bond acceptors (Lipinski definition) is 5. The number of nitrogens with one attached hydrogen (secondary N) is 2. The number of para-hydroxylation sites is 1. The van der Waals surface area contributed by atoms with Gasteiger partial charge in [-0.2, -0.15) is 5.10 Å². The molecule has 2 aliphatic heterocycles. The molecule has 2 aliphatic rings. The van der Waals surface area contributed by atoms with Gasteiger partial charge in [0.2, 0.25) is 5.91 Å². The van der Waals surface area contributed by atoms with Crippen molar-refractivity contribution in [2.75, 3.05) is 23.8 Å². The lowest BCUT2D eigenvalue weighted by Gasteiger charge is -2.30. The van der Waals surface area contributed by atoms with Gasteiger partial charge < -0.3 is 15.4 Å². The normalized spacial score (nSPS) is 18.2. The molecule has 2 aromatic rings. The van der Waals surface area contributed by atoms with Gasteiger partial charge in [-0.1, -0.05) is 18.2 Å². The molecule has 7 nitrogen and oxygen atoms in total. The fourth-order valence-corrected chi connectivity index (χ4v) is 3.43. The van der Waals surface area contributed by atoms with Crippen molar-refractivity contribution in [2.45, 2.75) is 25.4 Å². The Hall–Kier alpha value is -2.67. The molecule has 4 rings (SSSR count). The molecule has 1 aromatic carbocycles. The van der Waals surface area contributed by atoms with Crippen LogP contribution in [0.15, 0.2) is 41.5 Å². The molecule has 130 valence electrons. The van der Waals surface area contributed by atoms with E-state index in [1.54, 1.807) is 12.5 Å². The summed E-state index contributed by atoms with van der Waals surface area (Å²) >= 11 is 0. The Morgan fingerprint density at radius 2 is 2.08 bits per heavy atom. The number of aliphatic imine (C=N–C) groups is 1. The van der Waals surface area contributed by atoms with Crippen LogP contribution in [0.3, 0.4) is 0 Å². The molecule has 0 saturated carbocycles. The molecule has 1 aromatic heterocycles. The van der Waals surface area contributed by atoms with Crippen LogP contribution in [0.2, 0.25) is 0 Å². The zero-order chi connectivity index (χ0) is 17.1. The molecule has 1 unspecified atom stereocenters. The number of fused-ring (bicyclic) bond motifs is 1. The molecule has 1 atom stereocenters. The number of amides is 1.